The predicted molar refractivity (Wildman–Crippen MR) is 89.9 cm³/mol. The van der Waals surface area contributed by atoms with E-state index in [2.05, 4.69) is 4.74 Å². The monoisotopic (exact) mass is 326 g/mol. The Morgan fingerprint density at radius 1 is 1.00 bits per heavy atom. The van der Waals surface area contributed by atoms with Crippen LogP contribution in [0.25, 0.3) is 6.08 Å². The Kier molecular flexibility index (Phi) is 6.28. The maximum absolute atomic E-state index is 12.4. The van der Waals surface area contributed by atoms with Crippen molar-refractivity contribution in [1.82, 2.24) is 0 Å². The predicted octanol–water partition coefficient (Wildman–Crippen LogP) is 2.47. The number of benzene rings is 2. The number of carbonyl (C=O) groups excluding carboxylic acids is 2. The van der Waals surface area contributed by atoms with Gasteiger partial charge >= 0.3 is 5.97 Å². The molecule has 5 heteroatoms. The number of ether oxygens (including phenoxy) is 2. The topological polar surface area (TPSA) is 72.8 Å². The normalized spacial score (nSPS) is 10.6. The molecule has 2 rings (SSSR count). The number of aliphatic hydroxyl groups is 1. The number of carbonyl (C=O) groups is 2. The molecule has 0 radical (unpaired) electrons. The molecule has 0 unspecified atom stereocenters. The van der Waals surface area contributed by atoms with Crippen molar-refractivity contribution in [2.24, 2.45) is 0 Å². The van der Waals surface area contributed by atoms with E-state index in [1.165, 1.54) is 13.2 Å². The van der Waals surface area contributed by atoms with Crippen molar-refractivity contribution in [2.45, 2.75) is 0 Å². The fourth-order valence-electron chi connectivity index (χ4n) is 2.01. The smallest absolute Gasteiger partial charge is 0.330 e. The quantitative estimate of drug-likeness (QED) is 0.481. The van der Waals surface area contributed by atoms with E-state index in [1.54, 1.807) is 54.6 Å². The Hall–Kier alpha value is -2.92. The maximum Gasteiger partial charge on any atom is 0.330 e. The standard InChI is InChI=1S/C19H18O5/c1-23-18(21)11-4-14-2-5-15(6-3-14)19(22)16-7-9-17(10-8-16)24-13-12-20/h2-11,20H,12-13H2,1H3. The third-order valence-electron chi connectivity index (χ3n) is 3.26. The van der Waals surface area contributed by atoms with Gasteiger partial charge in [-0.05, 0) is 35.9 Å². The molecule has 0 aliphatic carbocycles. The summed E-state index contributed by atoms with van der Waals surface area (Å²) >= 11 is 0. The highest BCUT2D eigenvalue weighted by Gasteiger charge is 2.09. The number of esters is 1. The molecule has 2 aromatic rings. The zero-order valence-electron chi connectivity index (χ0n) is 13.3. The van der Waals surface area contributed by atoms with E-state index < -0.39 is 5.97 Å². The first-order chi connectivity index (χ1) is 11.6. The average Bonchev–Trinajstić information content (AvgIpc) is 2.64. The maximum atomic E-state index is 12.4. The van der Waals surface area contributed by atoms with E-state index >= 15 is 0 Å². The highest BCUT2D eigenvalue weighted by molar-refractivity contribution is 6.09. The molecular weight excluding hydrogens is 308 g/mol. The van der Waals surface area contributed by atoms with Crippen LogP contribution in [-0.2, 0) is 9.53 Å². The molecule has 124 valence electrons. The molecule has 0 amide bonds. The van der Waals surface area contributed by atoms with Gasteiger partial charge in [0.05, 0.1) is 13.7 Å². The van der Waals surface area contributed by atoms with E-state index in [0.717, 1.165) is 5.56 Å². The Labute approximate surface area is 140 Å². The summed E-state index contributed by atoms with van der Waals surface area (Å²) in [4.78, 5) is 23.5. The zero-order chi connectivity index (χ0) is 17.4. The lowest BCUT2D eigenvalue weighted by atomic mass is 10.0. The lowest BCUT2D eigenvalue weighted by molar-refractivity contribution is -0.134. The minimum absolute atomic E-state index is 0.0581. The Morgan fingerprint density at radius 2 is 1.58 bits per heavy atom. The fraction of sp³-hybridized carbons (Fsp3) is 0.158. The number of methoxy groups -OCH3 is 1. The van der Waals surface area contributed by atoms with Crippen LogP contribution in [0.3, 0.4) is 0 Å². The van der Waals surface area contributed by atoms with Crippen molar-refractivity contribution < 1.29 is 24.2 Å². The van der Waals surface area contributed by atoms with Crippen molar-refractivity contribution >= 4 is 17.8 Å². The Bertz CT molecular complexity index is 714. The van der Waals surface area contributed by atoms with Crippen LogP contribution in [0.4, 0.5) is 0 Å². The van der Waals surface area contributed by atoms with Gasteiger partial charge in [0.2, 0.25) is 0 Å². The van der Waals surface area contributed by atoms with Crippen molar-refractivity contribution in [3.8, 4) is 5.75 Å². The molecule has 0 aliphatic heterocycles. The van der Waals surface area contributed by atoms with Gasteiger partial charge in [0, 0.05) is 17.2 Å². The molecule has 0 aliphatic rings. The van der Waals surface area contributed by atoms with Gasteiger partial charge < -0.3 is 14.6 Å². The summed E-state index contributed by atoms with van der Waals surface area (Å²) in [5, 5.41) is 8.71. The largest absolute Gasteiger partial charge is 0.491 e. The number of rotatable bonds is 7. The number of hydrogen-bond acceptors (Lipinski definition) is 5. The number of ketones is 1. The Balaban J connectivity index is 2.06. The van der Waals surface area contributed by atoms with Crippen LogP contribution in [0.15, 0.2) is 54.6 Å². The lowest BCUT2D eigenvalue weighted by Crippen LogP contribution is -2.03. The summed E-state index contributed by atoms with van der Waals surface area (Å²) in [5.74, 6) is 0.0646. The molecule has 0 heterocycles. The third kappa shape index (κ3) is 4.79. The molecule has 0 spiro atoms. The van der Waals surface area contributed by atoms with Crippen molar-refractivity contribution in [3.05, 3.63) is 71.3 Å². The molecule has 0 aromatic heterocycles. The summed E-state index contributed by atoms with van der Waals surface area (Å²) in [5.41, 5.74) is 1.89. The van der Waals surface area contributed by atoms with Gasteiger partial charge in [0.25, 0.3) is 0 Å². The van der Waals surface area contributed by atoms with E-state index in [1.807, 2.05) is 0 Å². The lowest BCUT2D eigenvalue weighted by Gasteiger charge is -2.06. The van der Waals surface area contributed by atoms with Crippen LogP contribution >= 0.6 is 0 Å². The van der Waals surface area contributed by atoms with E-state index in [4.69, 9.17) is 9.84 Å². The van der Waals surface area contributed by atoms with Crippen LogP contribution in [0.1, 0.15) is 21.5 Å². The first kappa shape index (κ1) is 17.4. The van der Waals surface area contributed by atoms with E-state index in [0.29, 0.717) is 16.9 Å². The summed E-state index contributed by atoms with van der Waals surface area (Å²) in [7, 11) is 1.31. The van der Waals surface area contributed by atoms with Crippen LogP contribution in [-0.4, -0.2) is 37.2 Å². The van der Waals surface area contributed by atoms with Gasteiger partial charge in [-0.2, -0.15) is 0 Å². The molecule has 2 aromatic carbocycles. The molecule has 5 nitrogen and oxygen atoms in total. The minimum Gasteiger partial charge on any atom is -0.491 e. The summed E-state index contributed by atoms with van der Waals surface area (Å²) in [6.45, 7) is 0.158. The van der Waals surface area contributed by atoms with Crippen LogP contribution in [0, 0.1) is 0 Å². The van der Waals surface area contributed by atoms with Crippen molar-refractivity contribution in [2.75, 3.05) is 20.3 Å². The van der Waals surface area contributed by atoms with E-state index in [9.17, 15) is 9.59 Å². The second-order valence-corrected chi connectivity index (χ2v) is 4.90. The van der Waals surface area contributed by atoms with Gasteiger partial charge in [-0.15, -0.1) is 0 Å². The molecular formula is C19H18O5. The second kappa shape index (κ2) is 8.64. The summed E-state index contributed by atoms with van der Waals surface area (Å²) in [6, 6.07) is 13.7. The Morgan fingerprint density at radius 3 is 2.12 bits per heavy atom. The molecule has 0 atom stereocenters. The van der Waals surface area contributed by atoms with Crippen molar-refractivity contribution in [1.29, 1.82) is 0 Å². The third-order valence-corrected chi connectivity index (χ3v) is 3.26. The highest BCUT2D eigenvalue weighted by atomic mass is 16.5. The van der Waals surface area contributed by atoms with Crippen LogP contribution in [0.2, 0.25) is 0 Å². The number of hydrogen-bond donors (Lipinski definition) is 1. The molecule has 24 heavy (non-hydrogen) atoms. The average molecular weight is 326 g/mol. The second-order valence-electron chi connectivity index (χ2n) is 4.90. The number of aliphatic hydroxyl groups excluding tert-OH is 1. The van der Waals surface area contributed by atoms with Crippen LogP contribution < -0.4 is 4.74 Å². The van der Waals surface area contributed by atoms with Crippen LogP contribution in [0.5, 0.6) is 5.75 Å². The summed E-state index contributed by atoms with van der Waals surface area (Å²) in [6.07, 6.45) is 2.94. The van der Waals surface area contributed by atoms with Gasteiger partial charge in [-0.1, -0.05) is 24.3 Å². The first-order valence-corrected chi connectivity index (χ1v) is 7.38. The van der Waals surface area contributed by atoms with Crippen molar-refractivity contribution in [3.63, 3.8) is 0 Å². The summed E-state index contributed by atoms with van der Waals surface area (Å²) < 4.78 is 9.78. The molecule has 0 saturated heterocycles. The molecule has 0 saturated carbocycles. The van der Waals surface area contributed by atoms with Gasteiger partial charge in [0.15, 0.2) is 5.78 Å². The molecule has 1 N–H and O–H groups in total. The highest BCUT2D eigenvalue weighted by Crippen LogP contribution is 2.16. The minimum atomic E-state index is -0.432. The molecule has 0 bridgehead atoms. The zero-order valence-corrected chi connectivity index (χ0v) is 13.3. The fourth-order valence-corrected chi connectivity index (χ4v) is 2.01. The van der Waals surface area contributed by atoms with Gasteiger partial charge in [0.1, 0.15) is 12.4 Å². The first-order valence-electron chi connectivity index (χ1n) is 7.38. The SMILES string of the molecule is COC(=O)C=Cc1ccc(C(=O)c2ccc(OCCO)cc2)cc1. The molecule has 0 fully saturated rings. The van der Waals surface area contributed by atoms with E-state index in [-0.39, 0.29) is 19.0 Å². The van der Waals surface area contributed by atoms with Gasteiger partial charge in [-0.3, -0.25) is 4.79 Å². The van der Waals surface area contributed by atoms with Gasteiger partial charge in [-0.25, -0.2) is 4.79 Å².